The van der Waals surface area contributed by atoms with Crippen molar-refractivity contribution in [3.8, 4) is 11.6 Å². The van der Waals surface area contributed by atoms with Crippen LogP contribution in [0.5, 0.6) is 11.6 Å². The molecule has 0 spiro atoms. The third kappa shape index (κ3) is 4.09. The fourth-order valence-electron chi connectivity index (χ4n) is 2.85. The van der Waals surface area contributed by atoms with Gasteiger partial charge in [0.05, 0.1) is 11.7 Å². The fourth-order valence-corrected chi connectivity index (χ4v) is 2.85. The number of aromatic hydroxyl groups is 2. The lowest BCUT2D eigenvalue weighted by Crippen LogP contribution is -2.56. The van der Waals surface area contributed by atoms with Gasteiger partial charge in [-0.3, -0.25) is 19.6 Å². The molecule has 1 aliphatic heterocycles. The summed E-state index contributed by atoms with van der Waals surface area (Å²) in [5.74, 6) is -3.67. The summed E-state index contributed by atoms with van der Waals surface area (Å²) in [4.78, 5) is 58.6. The number of nitrogens with zero attached hydrogens (tertiary/aromatic N) is 7. The van der Waals surface area contributed by atoms with Gasteiger partial charge in [-0.2, -0.15) is 5.10 Å². The second kappa shape index (κ2) is 8.58. The van der Waals surface area contributed by atoms with Gasteiger partial charge in [0.2, 0.25) is 5.88 Å². The molecule has 4 rings (SSSR count). The van der Waals surface area contributed by atoms with E-state index in [1.165, 1.54) is 6.20 Å². The number of fused-ring (bicyclic) bond motifs is 1. The Hall–Kier alpha value is -5.08. The standard InChI is InChI=1S/C18H14N9O6/c28-13-10(8-21-11-2-1-4-19-12(11)13)15(30)24-27(16(31)9-3-5-22-23-14(9)29)25-18(33)26-7-6-20-17(26)32/h1-5,8H,6-7H2,(H,20,32)(H,21,28)(H,23,29)(H,25,33). The van der Waals surface area contributed by atoms with E-state index in [9.17, 15) is 29.4 Å². The SMILES string of the molecule is O=C([N]N(NC(=O)N1CCNC1=O)C(=O)c1ccnnc1O)c1cnc2cccnc2c1O. The molecular weight excluding hydrogens is 438 g/mol. The molecule has 0 saturated carbocycles. The van der Waals surface area contributed by atoms with Crippen LogP contribution in [0, 0.1) is 0 Å². The number of hydrogen-bond acceptors (Lipinski definition) is 10. The molecule has 15 nitrogen and oxygen atoms in total. The van der Waals surface area contributed by atoms with Crippen LogP contribution in [0.2, 0.25) is 0 Å². The summed E-state index contributed by atoms with van der Waals surface area (Å²) in [6.45, 7) is 0.193. The van der Waals surface area contributed by atoms with Crippen molar-refractivity contribution in [2.24, 2.45) is 0 Å². The highest BCUT2D eigenvalue weighted by atomic mass is 16.3. The molecule has 4 N–H and O–H groups in total. The number of carbonyl (C=O) groups excluding carboxylic acids is 4. The van der Waals surface area contributed by atoms with Crippen LogP contribution >= 0.6 is 0 Å². The minimum Gasteiger partial charge on any atom is -0.505 e. The molecule has 0 aliphatic carbocycles. The molecule has 1 fully saturated rings. The van der Waals surface area contributed by atoms with E-state index in [-0.39, 0.29) is 23.7 Å². The lowest BCUT2D eigenvalue weighted by Gasteiger charge is -2.23. The van der Waals surface area contributed by atoms with Crippen LogP contribution in [-0.4, -0.2) is 77.4 Å². The summed E-state index contributed by atoms with van der Waals surface area (Å²) in [6.07, 6.45) is 3.49. The molecule has 0 unspecified atom stereocenters. The molecule has 15 heteroatoms. The van der Waals surface area contributed by atoms with Gasteiger partial charge in [0.1, 0.15) is 16.6 Å². The molecule has 4 heterocycles. The van der Waals surface area contributed by atoms with E-state index in [2.05, 4.69) is 30.9 Å². The number of imide groups is 1. The predicted octanol–water partition coefficient (Wildman–Crippen LogP) is -0.717. The van der Waals surface area contributed by atoms with Crippen LogP contribution in [0.15, 0.2) is 36.8 Å². The van der Waals surface area contributed by atoms with Crippen LogP contribution in [0.3, 0.4) is 0 Å². The second-order valence-corrected chi connectivity index (χ2v) is 6.48. The lowest BCUT2D eigenvalue weighted by molar-refractivity contribution is 0.0455. The number of rotatable bonds is 2. The smallest absolute Gasteiger partial charge is 0.346 e. The van der Waals surface area contributed by atoms with E-state index in [1.54, 1.807) is 12.1 Å². The maximum absolute atomic E-state index is 12.9. The van der Waals surface area contributed by atoms with Gasteiger partial charge in [0.25, 0.3) is 5.91 Å². The Morgan fingerprint density at radius 2 is 1.97 bits per heavy atom. The Balaban J connectivity index is 1.64. The van der Waals surface area contributed by atoms with E-state index in [0.717, 1.165) is 23.4 Å². The molecular formula is C18H14N9O6. The minimum atomic E-state index is -1.17. The number of carbonyl (C=O) groups is 4. The quantitative estimate of drug-likeness (QED) is 0.359. The van der Waals surface area contributed by atoms with E-state index in [0.29, 0.717) is 5.52 Å². The summed E-state index contributed by atoms with van der Waals surface area (Å²) in [7, 11) is 0. The summed E-state index contributed by atoms with van der Waals surface area (Å²) in [6, 6.07) is 2.43. The lowest BCUT2D eigenvalue weighted by atomic mass is 10.2. The van der Waals surface area contributed by atoms with Crippen molar-refractivity contribution in [2.75, 3.05) is 13.1 Å². The Morgan fingerprint density at radius 1 is 1.15 bits per heavy atom. The Kier molecular flexibility index (Phi) is 5.50. The first-order chi connectivity index (χ1) is 15.9. The van der Waals surface area contributed by atoms with Crippen molar-refractivity contribution in [3.05, 3.63) is 47.9 Å². The van der Waals surface area contributed by atoms with E-state index in [1.807, 2.05) is 5.43 Å². The minimum absolute atomic E-state index is 0.00373. The molecule has 1 saturated heterocycles. The average Bonchev–Trinajstić information content (AvgIpc) is 3.25. The summed E-state index contributed by atoms with van der Waals surface area (Å²) < 4.78 is 0. The van der Waals surface area contributed by atoms with Crippen molar-refractivity contribution >= 4 is 34.9 Å². The van der Waals surface area contributed by atoms with Crippen LogP contribution in [0.1, 0.15) is 20.7 Å². The normalized spacial score (nSPS) is 12.8. The number of urea groups is 2. The highest BCUT2D eigenvalue weighted by molar-refractivity contribution is 6.04. The second-order valence-electron chi connectivity index (χ2n) is 6.48. The van der Waals surface area contributed by atoms with Gasteiger partial charge in [-0.1, -0.05) is 0 Å². The molecule has 3 aromatic heterocycles. The number of amides is 6. The average molecular weight is 452 g/mol. The van der Waals surface area contributed by atoms with Crippen molar-refractivity contribution < 1.29 is 29.4 Å². The third-order valence-corrected chi connectivity index (χ3v) is 4.45. The zero-order valence-corrected chi connectivity index (χ0v) is 16.5. The van der Waals surface area contributed by atoms with Crippen molar-refractivity contribution in [3.63, 3.8) is 0 Å². The Labute approximate surface area is 184 Å². The van der Waals surface area contributed by atoms with Gasteiger partial charge in [-0.25, -0.2) is 19.9 Å². The van der Waals surface area contributed by atoms with Crippen LogP contribution in [-0.2, 0) is 0 Å². The zero-order valence-electron chi connectivity index (χ0n) is 16.5. The number of pyridine rings is 2. The first-order valence-corrected chi connectivity index (χ1v) is 9.26. The number of aromatic nitrogens is 4. The number of nitrogens with one attached hydrogen (secondary N) is 2. The predicted molar refractivity (Wildman–Crippen MR) is 106 cm³/mol. The van der Waals surface area contributed by atoms with Crippen LogP contribution < -0.4 is 16.2 Å². The van der Waals surface area contributed by atoms with Crippen molar-refractivity contribution in [2.45, 2.75) is 0 Å². The van der Waals surface area contributed by atoms with Gasteiger partial charge < -0.3 is 15.5 Å². The number of hydrogen-bond donors (Lipinski definition) is 4. The van der Waals surface area contributed by atoms with Gasteiger partial charge in [-0.05, 0) is 18.2 Å². The topological polar surface area (TPSA) is 205 Å². The highest BCUT2D eigenvalue weighted by Gasteiger charge is 2.32. The third-order valence-electron chi connectivity index (χ3n) is 4.45. The van der Waals surface area contributed by atoms with E-state index >= 15 is 0 Å². The largest absolute Gasteiger partial charge is 0.505 e. The Morgan fingerprint density at radius 3 is 2.70 bits per heavy atom. The molecule has 0 aromatic carbocycles. The molecule has 33 heavy (non-hydrogen) atoms. The van der Waals surface area contributed by atoms with Crippen LogP contribution in [0.4, 0.5) is 9.59 Å². The van der Waals surface area contributed by atoms with Crippen molar-refractivity contribution in [1.82, 2.24) is 46.4 Å². The fraction of sp³-hybridized carbons (Fsp3) is 0.111. The van der Waals surface area contributed by atoms with E-state index < -0.39 is 46.6 Å². The molecule has 0 bridgehead atoms. The first-order valence-electron chi connectivity index (χ1n) is 9.26. The zero-order chi connectivity index (χ0) is 23.5. The van der Waals surface area contributed by atoms with Gasteiger partial charge in [-0.15, -0.1) is 15.6 Å². The molecule has 0 atom stereocenters. The molecule has 6 amide bonds. The molecule has 167 valence electrons. The highest BCUT2D eigenvalue weighted by Crippen LogP contribution is 2.25. The summed E-state index contributed by atoms with van der Waals surface area (Å²) in [5.41, 5.74) is 5.02. The van der Waals surface area contributed by atoms with Crippen molar-refractivity contribution in [1.29, 1.82) is 0 Å². The first kappa shape index (κ1) is 21.2. The molecule has 1 aliphatic rings. The summed E-state index contributed by atoms with van der Waals surface area (Å²) in [5, 5.41) is 29.6. The Bertz CT molecular complexity index is 1280. The van der Waals surface area contributed by atoms with Crippen LogP contribution in [0.25, 0.3) is 11.0 Å². The van der Waals surface area contributed by atoms with Gasteiger partial charge in [0, 0.05) is 25.5 Å². The maximum atomic E-state index is 12.9. The monoisotopic (exact) mass is 452 g/mol. The maximum Gasteiger partial charge on any atom is 0.346 e. The molecule has 1 radical (unpaired) electrons. The summed E-state index contributed by atoms with van der Waals surface area (Å²) >= 11 is 0. The molecule has 3 aromatic rings. The van der Waals surface area contributed by atoms with E-state index in [4.69, 9.17) is 0 Å². The van der Waals surface area contributed by atoms with Gasteiger partial charge >= 0.3 is 18.0 Å². The van der Waals surface area contributed by atoms with Gasteiger partial charge in [0.15, 0.2) is 5.75 Å². The number of hydrazine groups is 1.